The van der Waals surface area contributed by atoms with Crippen LogP contribution in [-0.4, -0.2) is 68.5 Å². The summed E-state index contributed by atoms with van der Waals surface area (Å²) in [5.41, 5.74) is -1.34. The third-order valence-corrected chi connectivity index (χ3v) is 7.95. The average molecular weight is 464 g/mol. The van der Waals surface area contributed by atoms with Crippen LogP contribution >= 0.6 is 0 Å². The number of carbonyl (C=O) groups excluding carboxylic acids is 2. The highest BCUT2D eigenvalue weighted by atomic mass is 32.2. The Kier molecular flexibility index (Phi) is 6.06. The summed E-state index contributed by atoms with van der Waals surface area (Å²) >= 11 is 0. The van der Waals surface area contributed by atoms with Gasteiger partial charge in [-0.2, -0.15) is 4.31 Å². The number of rotatable bonds is 5. The zero-order valence-electron chi connectivity index (χ0n) is 17.7. The number of hydrogen-bond acceptors (Lipinski definition) is 7. The molecule has 1 aliphatic carbocycles. The Morgan fingerprint density at radius 1 is 1.16 bits per heavy atom. The van der Waals surface area contributed by atoms with Gasteiger partial charge in [-0.05, 0) is 31.0 Å². The van der Waals surface area contributed by atoms with Crippen molar-refractivity contribution in [3.8, 4) is 0 Å². The number of benzene rings is 1. The van der Waals surface area contributed by atoms with Crippen molar-refractivity contribution in [1.29, 1.82) is 0 Å². The van der Waals surface area contributed by atoms with E-state index in [1.807, 2.05) is 0 Å². The minimum absolute atomic E-state index is 0.00189. The van der Waals surface area contributed by atoms with Gasteiger partial charge in [0, 0.05) is 30.1 Å². The summed E-state index contributed by atoms with van der Waals surface area (Å²) in [5, 5.41) is 3.03. The third kappa shape index (κ3) is 4.03. The number of hydrogen-bond donors (Lipinski definition) is 2. The zero-order valence-corrected chi connectivity index (χ0v) is 18.5. The lowest BCUT2D eigenvalue weighted by Gasteiger charge is -2.27. The molecular formula is C21H25N3O7S. The van der Waals surface area contributed by atoms with E-state index in [0.29, 0.717) is 31.6 Å². The molecule has 2 aliphatic rings. The lowest BCUT2D eigenvalue weighted by Crippen LogP contribution is -2.53. The number of sulfonamides is 1. The molecule has 1 aromatic carbocycles. The number of nitrogens with one attached hydrogen (secondary N) is 2. The normalized spacial score (nSPS) is 19.0. The predicted molar refractivity (Wildman–Crippen MR) is 115 cm³/mol. The number of aromatic amines is 1. The SMILES string of the molecule is COC(=O)C1(NC(=O)c2cc(=O)[nH]c3ccc(S(=O)(=O)N4CCOCC4)cc23)CCCC1. The summed E-state index contributed by atoms with van der Waals surface area (Å²) in [5.74, 6) is -1.16. The smallest absolute Gasteiger partial charge is 0.331 e. The summed E-state index contributed by atoms with van der Waals surface area (Å²) in [6.45, 7) is 1.09. The molecule has 172 valence electrons. The number of nitrogens with zero attached hydrogens (tertiary/aromatic N) is 1. The molecule has 10 nitrogen and oxygen atoms in total. The first kappa shape index (κ1) is 22.4. The van der Waals surface area contributed by atoms with Crippen molar-refractivity contribution in [3.05, 3.63) is 40.2 Å². The highest BCUT2D eigenvalue weighted by molar-refractivity contribution is 7.89. The Bertz CT molecular complexity index is 1210. The summed E-state index contributed by atoms with van der Waals surface area (Å²) in [6, 6.07) is 5.36. The molecule has 2 N–H and O–H groups in total. The van der Waals surface area contributed by atoms with E-state index >= 15 is 0 Å². The van der Waals surface area contributed by atoms with E-state index in [1.54, 1.807) is 0 Å². The van der Waals surface area contributed by atoms with Gasteiger partial charge in [0.05, 0.1) is 30.8 Å². The van der Waals surface area contributed by atoms with Crippen LogP contribution in [0.15, 0.2) is 34.0 Å². The van der Waals surface area contributed by atoms with Crippen molar-refractivity contribution in [2.75, 3.05) is 33.4 Å². The molecule has 32 heavy (non-hydrogen) atoms. The zero-order chi connectivity index (χ0) is 22.9. The molecule has 1 saturated heterocycles. The van der Waals surface area contributed by atoms with Crippen molar-refractivity contribution in [2.24, 2.45) is 0 Å². The van der Waals surface area contributed by atoms with Crippen LogP contribution in [0, 0.1) is 0 Å². The van der Waals surface area contributed by atoms with Crippen molar-refractivity contribution >= 4 is 32.8 Å². The van der Waals surface area contributed by atoms with Crippen LogP contribution in [-0.2, 0) is 24.3 Å². The van der Waals surface area contributed by atoms with Gasteiger partial charge in [-0.25, -0.2) is 13.2 Å². The number of morpholine rings is 1. The van der Waals surface area contributed by atoms with E-state index in [-0.39, 0.29) is 28.9 Å². The fourth-order valence-electron chi connectivity index (χ4n) is 4.36. The van der Waals surface area contributed by atoms with Crippen LogP contribution in [0.3, 0.4) is 0 Å². The molecule has 0 unspecified atom stereocenters. The lowest BCUT2D eigenvalue weighted by molar-refractivity contribution is -0.148. The number of carbonyl (C=O) groups is 2. The van der Waals surface area contributed by atoms with Crippen LogP contribution < -0.4 is 10.9 Å². The minimum Gasteiger partial charge on any atom is -0.467 e. The van der Waals surface area contributed by atoms with Gasteiger partial charge in [0.15, 0.2) is 0 Å². The predicted octanol–water partition coefficient (Wildman–Crippen LogP) is 0.765. The molecule has 1 saturated carbocycles. The minimum atomic E-state index is -3.80. The summed E-state index contributed by atoms with van der Waals surface area (Å²) in [7, 11) is -2.54. The lowest BCUT2D eigenvalue weighted by atomic mass is 9.96. The van der Waals surface area contributed by atoms with Gasteiger partial charge in [-0.3, -0.25) is 9.59 Å². The maximum atomic E-state index is 13.2. The fourth-order valence-corrected chi connectivity index (χ4v) is 5.79. The highest BCUT2D eigenvalue weighted by Crippen LogP contribution is 2.32. The van der Waals surface area contributed by atoms with E-state index < -0.39 is 33.0 Å². The van der Waals surface area contributed by atoms with E-state index in [0.717, 1.165) is 18.9 Å². The highest BCUT2D eigenvalue weighted by Gasteiger charge is 2.44. The first-order valence-corrected chi connectivity index (χ1v) is 11.9. The van der Waals surface area contributed by atoms with Gasteiger partial charge in [0.2, 0.25) is 15.6 Å². The largest absolute Gasteiger partial charge is 0.467 e. The molecule has 2 fully saturated rings. The molecule has 1 aliphatic heterocycles. The van der Waals surface area contributed by atoms with E-state index in [4.69, 9.17) is 9.47 Å². The van der Waals surface area contributed by atoms with Gasteiger partial charge < -0.3 is 19.8 Å². The molecule has 0 bridgehead atoms. The first-order valence-electron chi connectivity index (χ1n) is 10.4. The van der Waals surface area contributed by atoms with Crippen molar-refractivity contribution in [2.45, 2.75) is 36.1 Å². The average Bonchev–Trinajstić information content (AvgIpc) is 3.27. The second-order valence-electron chi connectivity index (χ2n) is 8.01. The van der Waals surface area contributed by atoms with Crippen molar-refractivity contribution in [1.82, 2.24) is 14.6 Å². The Labute approximate surface area is 184 Å². The molecule has 0 radical (unpaired) electrons. The van der Waals surface area contributed by atoms with Crippen molar-refractivity contribution in [3.63, 3.8) is 0 Å². The van der Waals surface area contributed by atoms with E-state index in [1.165, 1.54) is 29.6 Å². The summed E-state index contributed by atoms with van der Waals surface area (Å²) in [6.07, 6.45) is 2.38. The van der Waals surface area contributed by atoms with Gasteiger partial charge >= 0.3 is 5.97 Å². The monoisotopic (exact) mass is 463 g/mol. The van der Waals surface area contributed by atoms with Gasteiger partial charge in [0.1, 0.15) is 5.54 Å². The number of esters is 1. The number of amides is 1. The first-order chi connectivity index (χ1) is 15.3. The van der Waals surface area contributed by atoms with E-state index in [9.17, 15) is 22.8 Å². The second-order valence-corrected chi connectivity index (χ2v) is 9.94. The van der Waals surface area contributed by atoms with Crippen LogP contribution in [0.1, 0.15) is 36.0 Å². The molecule has 2 aromatic rings. The molecular weight excluding hydrogens is 438 g/mol. The topological polar surface area (TPSA) is 135 Å². The maximum absolute atomic E-state index is 13.2. The Morgan fingerprint density at radius 2 is 1.84 bits per heavy atom. The molecule has 4 rings (SSSR count). The number of H-pyrrole nitrogens is 1. The molecule has 0 atom stereocenters. The van der Waals surface area contributed by atoms with Crippen molar-refractivity contribution < 1.29 is 27.5 Å². The number of pyridine rings is 1. The third-order valence-electron chi connectivity index (χ3n) is 6.05. The Morgan fingerprint density at radius 3 is 2.50 bits per heavy atom. The molecule has 0 spiro atoms. The Hall–Kier alpha value is -2.76. The standard InChI is InChI=1S/C21H25N3O7S/c1-30-20(27)21(6-2-3-7-21)23-19(26)16-13-18(25)22-17-5-4-14(12-15(16)17)32(28,29)24-8-10-31-11-9-24/h4-5,12-13H,2-3,6-11H2,1H3,(H,22,25)(H,23,26). The van der Waals surface area contributed by atoms with Crippen LogP contribution in [0.25, 0.3) is 10.9 Å². The maximum Gasteiger partial charge on any atom is 0.331 e. The van der Waals surface area contributed by atoms with Crippen LogP contribution in [0.2, 0.25) is 0 Å². The van der Waals surface area contributed by atoms with Gasteiger partial charge in [0.25, 0.3) is 5.91 Å². The quantitative estimate of drug-likeness (QED) is 0.625. The Balaban J connectivity index is 1.75. The molecule has 11 heteroatoms. The van der Waals surface area contributed by atoms with Gasteiger partial charge in [-0.1, -0.05) is 12.8 Å². The number of ether oxygens (including phenoxy) is 2. The summed E-state index contributed by atoms with van der Waals surface area (Å²) in [4.78, 5) is 40.4. The van der Waals surface area contributed by atoms with Crippen LogP contribution in [0.4, 0.5) is 0 Å². The molecule has 1 aromatic heterocycles. The number of fused-ring (bicyclic) bond motifs is 1. The second kappa shape index (κ2) is 8.64. The van der Waals surface area contributed by atoms with E-state index in [2.05, 4.69) is 10.3 Å². The summed E-state index contributed by atoms with van der Waals surface area (Å²) < 4.78 is 37.6. The van der Waals surface area contributed by atoms with Crippen LogP contribution in [0.5, 0.6) is 0 Å². The fraction of sp³-hybridized carbons (Fsp3) is 0.476. The number of aromatic nitrogens is 1. The molecule has 1 amide bonds. The number of methoxy groups -OCH3 is 1. The van der Waals surface area contributed by atoms with Gasteiger partial charge in [-0.15, -0.1) is 0 Å². The molecule has 2 heterocycles.